The summed E-state index contributed by atoms with van der Waals surface area (Å²) >= 11 is 0. The number of anilines is 1. The number of non-ortho nitro benzene ring substituents is 1. The summed E-state index contributed by atoms with van der Waals surface area (Å²) in [6.07, 6.45) is 0. The third kappa shape index (κ3) is 3.47. The van der Waals surface area contributed by atoms with Crippen molar-refractivity contribution in [3.8, 4) is 11.1 Å². The highest BCUT2D eigenvalue weighted by molar-refractivity contribution is 6.04. The number of amides is 1. The Hall–Kier alpha value is -3.47. The van der Waals surface area contributed by atoms with Gasteiger partial charge in [-0.2, -0.15) is 0 Å². The van der Waals surface area contributed by atoms with Crippen molar-refractivity contribution in [3.05, 3.63) is 94.5 Å². The summed E-state index contributed by atoms with van der Waals surface area (Å²) < 4.78 is 0. The molecule has 0 unspecified atom stereocenters. The fraction of sp³-hybridized carbons (Fsp3) is 0. The van der Waals surface area contributed by atoms with Gasteiger partial charge in [-0.25, -0.2) is 0 Å². The van der Waals surface area contributed by atoms with Crippen LogP contribution in [-0.4, -0.2) is 10.8 Å². The van der Waals surface area contributed by atoms with E-state index in [0.29, 0.717) is 11.3 Å². The van der Waals surface area contributed by atoms with Gasteiger partial charge in [0.25, 0.3) is 11.6 Å². The fourth-order valence-electron chi connectivity index (χ4n) is 2.31. The Labute approximate surface area is 138 Å². The maximum absolute atomic E-state index is 12.2. The van der Waals surface area contributed by atoms with Gasteiger partial charge >= 0.3 is 0 Å². The van der Waals surface area contributed by atoms with Crippen LogP contribution in [0.4, 0.5) is 11.4 Å². The predicted octanol–water partition coefficient (Wildman–Crippen LogP) is 4.51. The largest absolute Gasteiger partial charge is 0.322 e. The molecule has 118 valence electrons. The highest BCUT2D eigenvalue weighted by Crippen LogP contribution is 2.21. The van der Waals surface area contributed by atoms with Gasteiger partial charge in [0.15, 0.2) is 0 Å². The first-order valence-corrected chi connectivity index (χ1v) is 7.35. The van der Waals surface area contributed by atoms with E-state index in [1.54, 1.807) is 0 Å². The van der Waals surface area contributed by atoms with Crippen LogP contribution in [0.2, 0.25) is 0 Å². The standard InChI is InChI=1S/C19H14N2O3/c22-19(16-8-12-18(13-9-16)21(23)24)20-17-10-6-15(7-11-17)14-4-2-1-3-5-14/h1-13H,(H,20,22). The molecule has 0 bridgehead atoms. The van der Waals surface area contributed by atoms with E-state index in [2.05, 4.69) is 5.32 Å². The van der Waals surface area contributed by atoms with Crippen molar-refractivity contribution in [1.82, 2.24) is 0 Å². The van der Waals surface area contributed by atoms with Crippen molar-refractivity contribution < 1.29 is 9.72 Å². The lowest BCUT2D eigenvalue weighted by Crippen LogP contribution is -2.11. The minimum absolute atomic E-state index is 0.0428. The third-order valence-corrected chi connectivity index (χ3v) is 3.59. The zero-order valence-electron chi connectivity index (χ0n) is 12.7. The monoisotopic (exact) mass is 318 g/mol. The maximum Gasteiger partial charge on any atom is 0.269 e. The number of rotatable bonds is 4. The lowest BCUT2D eigenvalue weighted by atomic mass is 10.1. The molecule has 0 radical (unpaired) electrons. The number of nitro benzene ring substituents is 1. The molecule has 3 aromatic carbocycles. The number of nitro groups is 1. The van der Waals surface area contributed by atoms with Crippen LogP contribution in [0.3, 0.4) is 0 Å². The van der Waals surface area contributed by atoms with E-state index < -0.39 is 4.92 Å². The van der Waals surface area contributed by atoms with Crippen LogP contribution < -0.4 is 5.32 Å². The van der Waals surface area contributed by atoms with Crippen molar-refractivity contribution in [2.75, 3.05) is 5.32 Å². The Morgan fingerprint density at radius 1 is 0.792 bits per heavy atom. The lowest BCUT2D eigenvalue weighted by Gasteiger charge is -2.07. The van der Waals surface area contributed by atoms with Gasteiger partial charge < -0.3 is 5.32 Å². The first-order valence-electron chi connectivity index (χ1n) is 7.35. The van der Waals surface area contributed by atoms with Gasteiger partial charge in [-0.1, -0.05) is 42.5 Å². The Bertz CT molecular complexity index is 857. The van der Waals surface area contributed by atoms with Crippen LogP contribution in [0.25, 0.3) is 11.1 Å². The number of benzene rings is 3. The first kappa shape index (κ1) is 15.4. The molecule has 0 fully saturated rings. The van der Waals surface area contributed by atoms with Gasteiger partial charge in [-0.3, -0.25) is 14.9 Å². The number of carbonyl (C=O) groups excluding carboxylic acids is 1. The van der Waals surface area contributed by atoms with Gasteiger partial charge in [0.05, 0.1) is 4.92 Å². The van der Waals surface area contributed by atoms with E-state index in [0.717, 1.165) is 11.1 Å². The summed E-state index contributed by atoms with van der Waals surface area (Å²) in [5.74, 6) is -0.308. The molecular weight excluding hydrogens is 304 g/mol. The zero-order chi connectivity index (χ0) is 16.9. The van der Waals surface area contributed by atoms with Gasteiger partial charge in [-0.05, 0) is 35.4 Å². The highest BCUT2D eigenvalue weighted by Gasteiger charge is 2.09. The summed E-state index contributed by atoms with van der Waals surface area (Å²) in [6.45, 7) is 0. The molecule has 0 atom stereocenters. The van der Waals surface area contributed by atoms with Crippen LogP contribution >= 0.6 is 0 Å². The van der Waals surface area contributed by atoms with E-state index in [1.807, 2.05) is 54.6 Å². The van der Waals surface area contributed by atoms with Crippen LogP contribution in [-0.2, 0) is 0 Å². The van der Waals surface area contributed by atoms with Crippen LogP contribution in [0.15, 0.2) is 78.9 Å². The molecule has 5 heteroatoms. The fourth-order valence-corrected chi connectivity index (χ4v) is 2.31. The second-order valence-electron chi connectivity index (χ2n) is 5.20. The first-order chi connectivity index (χ1) is 11.6. The van der Waals surface area contributed by atoms with Crippen molar-refractivity contribution in [2.24, 2.45) is 0 Å². The van der Waals surface area contributed by atoms with Crippen molar-refractivity contribution in [2.45, 2.75) is 0 Å². The summed E-state index contributed by atoms with van der Waals surface area (Å²) in [5.41, 5.74) is 3.15. The van der Waals surface area contributed by atoms with Crippen molar-refractivity contribution >= 4 is 17.3 Å². The molecule has 24 heavy (non-hydrogen) atoms. The molecule has 5 nitrogen and oxygen atoms in total. The van der Waals surface area contributed by atoms with E-state index in [4.69, 9.17) is 0 Å². The van der Waals surface area contributed by atoms with Crippen LogP contribution in [0, 0.1) is 10.1 Å². The van der Waals surface area contributed by atoms with E-state index in [9.17, 15) is 14.9 Å². The van der Waals surface area contributed by atoms with Crippen LogP contribution in [0.5, 0.6) is 0 Å². The Kier molecular flexibility index (Phi) is 4.34. The van der Waals surface area contributed by atoms with Crippen molar-refractivity contribution in [1.29, 1.82) is 0 Å². The van der Waals surface area contributed by atoms with Gasteiger partial charge in [0, 0.05) is 23.4 Å². The molecule has 0 spiro atoms. The number of nitrogens with zero attached hydrogens (tertiary/aromatic N) is 1. The zero-order valence-corrected chi connectivity index (χ0v) is 12.7. The number of carbonyl (C=O) groups is 1. The lowest BCUT2D eigenvalue weighted by molar-refractivity contribution is -0.384. The molecule has 0 saturated carbocycles. The van der Waals surface area contributed by atoms with Gasteiger partial charge in [0.2, 0.25) is 0 Å². The number of nitrogens with one attached hydrogen (secondary N) is 1. The van der Waals surface area contributed by atoms with Gasteiger partial charge in [0.1, 0.15) is 0 Å². The second kappa shape index (κ2) is 6.75. The quantitative estimate of drug-likeness (QED) is 0.568. The predicted molar refractivity (Wildman–Crippen MR) is 92.9 cm³/mol. The maximum atomic E-state index is 12.2. The Morgan fingerprint density at radius 3 is 1.96 bits per heavy atom. The summed E-state index contributed by atoms with van der Waals surface area (Å²) in [7, 11) is 0. The molecule has 0 aromatic heterocycles. The molecule has 1 amide bonds. The number of hydrogen-bond donors (Lipinski definition) is 1. The van der Waals surface area contributed by atoms with Crippen LogP contribution in [0.1, 0.15) is 10.4 Å². The molecular formula is C19H14N2O3. The molecule has 0 aliphatic carbocycles. The molecule has 0 saturated heterocycles. The van der Waals surface area contributed by atoms with E-state index >= 15 is 0 Å². The smallest absolute Gasteiger partial charge is 0.269 e. The topological polar surface area (TPSA) is 72.2 Å². The summed E-state index contributed by atoms with van der Waals surface area (Å²) in [5, 5.41) is 13.4. The molecule has 1 N–H and O–H groups in total. The Morgan fingerprint density at radius 2 is 1.38 bits per heavy atom. The molecule has 0 aliphatic heterocycles. The van der Waals surface area contributed by atoms with Crippen molar-refractivity contribution in [3.63, 3.8) is 0 Å². The molecule has 0 aliphatic rings. The second-order valence-corrected chi connectivity index (χ2v) is 5.20. The van der Waals surface area contributed by atoms with E-state index in [1.165, 1.54) is 24.3 Å². The highest BCUT2D eigenvalue weighted by atomic mass is 16.6. The van der Waals surface area contributed by atoms with E-state index in [-0.39, 0.29) is 11.6 Å². The minimum atomic E-state index is -0.496. The SMILES string of the molecule is O=C(Nc1ccc(-c2ccccc2)cc1)c1ccc([N+](=O)[O-])cc1. The summed E-state index contributed by atoms with van der Waals surface area (Å²) in [6, 6.07) is 23.0. The Balaban J connectivity index is 1.71. The average Bonchev–Trinajstić information content (AvgIpc) is 2.63. The minimum Gasteiger partial charge on any atom is -0.322 e. The average molecular weight is 318 g/mol. The number of hydrogen-bond acceptors (Lipinski definition) is 3. The summed E-state index contributed by atoms with van der Waals surface area (Å²) in [4.78, 5) is 22.3. The molecule has 0 heterocycles. The molecule has 3 aromatic rings. The third-order valence-electron chi connectivity index (χ3n) is 3.59. The molecule has 3 rings (SSSR count). The normalized spacial score (nSPS) is 10.2. The van der Waals surface area contributed by atoms with Gasteiger partial charge in [-0.15, -0.1) is 0 Å².